The molecule has 0 aromatic heterocycles. The highest BCUT2D eigenvalue weighted by Gasteiger charge is 2.36. The smallest absolute Gasteiger partial charge is 0.152 e. The Kier molecular flexibility index (Phi) is 5.26. The molecule has 0 rings (SSSR count). The number of rotatable bonds is 5. The number of nitrogens with one attached hydrogen (secondary N) is 2. The average molecular weight is 210 g/mol. The summed E-state index contributed by atoms with van der Waals surface area (Å²) in [5, 5.41) is 44.6. The minimum atomic E-state index is -1.46. The third-order valence-electron chi connectivity index (χ3n) is 1.80. The van der Waals surface area contributed by atoms with Gasteiger partial charge in [-0.1, -0.05) is 0 Å². The second-order valence-corrected chi connectivity index (χ2v) is 3.18. The molecule has 0 aliphatic carbocycles. The molecule has 0 saturated carbocycles. The summed E-state index contributed by atoms with van der Waals surface area (Å²) in [7, 11) is 0. The van der Waals surface area contributed by atoms with Gasteiger partial charge in [0.15, 0.2) is 5.17 Å². The van der Waals surface area contributed by atoms with Crippen LogP contribution < -0.4 is 5.32 Å². The predicted octanol–water partition coefficient (Wildman–Crippen LogP) is -2.28. The Balaban J connectivity index is 4.43. The van der Waals surface area contributed by atoms with Crippen LogP contribution in [0.4, 0.5) is 0 Å². The van der Waals surface area contributed by atoms with E-state index in [0.29, 0.717) is 0 Å². The van der Waals surface area contributed by atoms with Gasteiger partial charge in [-0.25, -0.2) is 0 Å². The summed E-state index contributed by atoms with van der Waals surface area (Å²) in [5.41, 5.74) is -1.46. The normalized spacial score (nSPS) is 13.9. The number of amidine groups is 1. The van der Waals surface area contributed by atoms with Crippen LogP contribution >= 0.6 is 12.6 Å². The summed E-state index contributed by atoms with van der Waals surface area (Å²) in [6.45, 7) is -1.81. The summed E-state index contributed by atoms with van der Waals surface area (Å²) in [6, 6.07) is 0. The van der Waals surface area contributed by atoms with Gasteiger partial charge in [0, 0.05) is 0 Å². The quantitative estimate of drug-likeness (QED) is 0.119. The van der Waals surface area contributed by atoms with Crippen LogP contribution in [0.25, 0.3) is 0 Å². The highest BCUT2D eigenvalue weighted by molar-refractivity contribution is 7.96. The van der Waals surface area contributed by atoms with Crippen molar-refractivity contribution in [2.75, 3.05) is 19.8 Å². The van der Waals surface area contributed by atoms with Crippen LogP contribution in [-0.2, 0) is 0 Å². The Hall–Kier alpha value is -0.340. The number of hydrogen-bond acceptors (Lipinski definition) is 5. The molecule has 0 aliphatic heterocycles. The molecule has 13 heavy (non-hydrogen) atoms. The Morgan fingerprint density at radius 2 is 1.69 bits per heavy atom. The van der Waals surface area contributed by atoms with E-state index in [4.69, 9.17) is 20.7 Å². The monoisotopic (exact) mass is 210 g/mol. The lowest BCUT2D eigenvalue weighted by Crippen LogP contribution is -2.53. The summed E-state index contributed by atoms with van der Waals surface area (Å²) >= 11 is 3.55. The zero-order chi connectivity index (χ0) is 10.5. The van der Waals surface area contributed by atoms with Gasteiger partial charge in [0.1, 0.15) is 6.23 Å². The molecule has 7 heteroatoms. The van der Waals surface area contributed by atoms with Crippen LogP contribution in [0, 0.1) is 10.8 Å². The van der Waals surface area contributed by atoms with Crippen molar-refractivity contribution in [3.05, 3.63) is 0 Å². The van der Waals surface area contributed by atoms with Crippen LogP contribution in [0.5, 0.6) is 0 Å². The lowest BCUT2D eigenvalue weighted by molar-refractivity contribution is -0.0885. The van der Waals surface area contributed by atoms with Crippen molar-refractivity contribution in [1.29, 1.82) is 5.41 Å². The first kappa shape index (κ1) is 12.7. The second kappa shape index (κ2) is 5.40. The molecule has 6 N–H and O–H groups in total. The average Bonchev–Trinajstić information content (AvgIpc) is 2.07. The fraction of sp³-hybridized carbons (Fsp3) is 0.833. The van der Waals surface area contributed by atoms with Gasteiger partial charge in [-0.15, -0.1) is 12.6 Å². The third kappa shape index (κ3) is 3.12. The fourth-order valence-corrected chi connectivity index (χ4v) is 0.814. The van der Waals surface area contributed by atoms with E-state index in [0.717, 1.165) is 0 Å². The zero-order valence-electron chi connectivity index (χ0n) is 6.93. The molecule has 0 aliphatic rings. The summed E-state index contributed by atoms with van der Waals surface area (Å²) in [5.74, 6) is 0. The van der Waals surface area contributed by atoms with Crippen LogP contribution in [0.15, 0.2) is 0 Å². The SMILES string of the molecule is N=C(S)NC(O)C(CO)(CO)CO. The van der Waals surface area contributed by atoms with Crippen molar-refractivity contribution < 1.29 is 20.4 Å². The molecule has 0 fully saturated rings. The molecule has 0 heterocycles. The molecule has 0 saturated heterocycles. The van der Waals surface area contributed by atoms with Gasteiger partial charge in [-0.05, 0) is 0 Å². The van der Waals surface area contributed by atoms with Crippen molar-refractivity contribution in [2.45, 2.75) is 6.23 Å². The van der Waals surface area contributed by atoms with E-state index in [2.05, 4.69) is 17.9 Å². The maximum Gasteiger partial charge on any atom is 0.152 e. The third-order valence-corrected chi connectivity index (χ3v) is 1.93. The standard InChI is InChI=1S/C6H14N2O4S/c7-5(13)8-4(12)6(1-9,2-10)3-11/h4,9-12H,1-3H2,(H3,7,8,13). The van der Waals surface area contributed by atoms with E-state index in [1.54, 1.807) is 0 Å². The van der Waals surface area contributed by atoms with Crippen molar-refractivity contribution in [2.24, 2.45) is 5.41 Å². The molecule has 0 radical (unpaired) electrons. The molecular formula is C6H14N2O4S. The van der Waals surface area contributed by atoms with Gasteiger partial charge >= 0.3 is 0 Å². The summed E-state index contributed by atoms with van der Waals surface area (Å²) in [4.78, 5) is 0. The number of aliphatic hydroxyl groups is 4. The Morgan fingerprint density at radius 3 is 1.92 bits per heavy atom. The van der Waals surface area contributed by atoms with Gasteiger partial charge in [-0.2, -0.15) is 0 Å². The molecule has 0 aromatic rings. The molecule has 6 nitrogen and oxygen atoms in total. The van der Waals surface area contributed by atoms with Crippen molar-refractivity contribution in [1.82, 2.24) is 5.32 Å². The Bertz CT molecular complexity index is 166. The maximum atomic E-state index is 9.35. The fourth-order valence-electron chi connectivity index (χ4n) is 0.692. The van der Waals surface area contributed by atoms with Crippen molar-refractivity contribution in [3.8, 4) is 0 Å². The lowest BCUT2D eigenvalue weighted by Gasteiger charge is -2.32. The van der Waals surface area contributed by atoms with Crippen molar-refractivity contribution in [3.63, 3.8) is 0 Å². The van der Waals surface area contributed by atoms with E-state index in [1.807, 2.05) is 0 Å². The summed E-state index contributed by atoms with van der Waals surface area (Å²) < 4.78 is 0. The first-order valence-corrected chi connectivity index (χ1v) is 4.02. The minimum Gasteiger partial charge on any atom is -0.395 e. The maximum absolute atomic E-state index is 9.35. The van der Waals surface area contributed by atoms with Crippen molar-refractivity contribution >= 4 is 17.8 Å². The molecule has 1 unspecified atom stereocenters. The van der Waals surface area contributed by atoms with Gasteiger partial charge in [-0.3, -0.25) is 5.41 Å². The number of thiol groups is 1. The molecule has 0 bridgehead atoms. The van der Waals surface area contributed by atoms with Crippen LogP contribution in [0.3, 0.4) is 0 Å². The van der Waals surface area contributed by atoms with Gasteiger partial charge in [0.25, 0.3) is 0 Å². The van der Waals surface area contributed by atoms with E-state index in [1.165, 1.54) is 0 Å². The molecular weight excluding hydrogens is 196 g/mol. The first-order chi connectivity index (χ1) is 6.02. The zero-order valence-corrected chi connectivity index (χ0v) is 7.83. The Morgan fingerprint density at radius 1 is 1.31 bits per heavy atom. The number of aliphatic hydroxyl groups excluding tert-OH is 4. The summed E-state index contributed by atoms with van der Waals surface area (Å²) in [6.07, 6.45) is -1.42. The highest BCUT2D eigenvalue weighted by atomic mass is 32.1. The highest BCUT2D eigenvalue weighted by Crippen LogP contribution is 2.18. The molecule has 0 aromatic carbocycles. The number of hydrogen-bond donors (Lipinski definition) is 7. The second-order valence-electron chi connectivity index (χ2n) is 2.73. The van der Waals surface area contributed by atoms with Crippen LogP contribution in [0.2, 0.25) is 0 Å². The van der Waals surface area contributed by atoms with Gasteiger partial charge < -0.3 is 25.7 Å². The minimum absolute atomic E-state index is 0.313. The topological polar surface area (TPSA) is 117 Å². The Labute approximate surface area is 81.1 Å². The van der Waals surface area contributed by atoms with E-state index < -0.39 is 31.5 Å². The van der Waals surface area contributed by atoms with E-state index >= 15 is 0 Å². The van der Waals surface area contributed by atoms with Crippen LogP contribution in [-0.4, -0.2) is 51.6 Å². The van der Waals surface area contributed by atoms with Gasteiger partial charge in [0.05, 0.1) is 25.2 Å². The first-order valence-electron chi connectivity index (χ1n) is 3.57. The predicted molar refractivity (Wildman–Crippen MR) is 49.5 cm³/mol. The lowest BCUT2D eigenvalue weighted by atomic mass is 9.89. The molecule has 1 atom stereocenters. The largest absolute Gasteiger partial charge is 0.395 e. The molecule has 78 valence electrons. The van der Waals surface area contributed by atoms with Gasteiger partial charge in [0.2, 0.25) is 0 Å². The molecule has 0 amide bonds. The van der Waals surface area contributed by atoms with E-state index in [9.17, 15) is 5.11 Å². The molecule has 0 spiro atoms. The van der Waals surface area contributed by atoms with E-state index in [-0.39, 0.29) is 5.17 Å². The van der Waals surface area contributed by atoms with Crippen LogP contribution in [0.1, 0.15) is 0 Å².